The van der Waals surface area contributed by atoms with E-state index in [4.69, 9.17) is 21.4 Å². The Morgan fingerprint density at radius 2 is 1.86 bits per heavy atom. The molecule has 7 nitrogen and oxygen atoms in total. The van der Waals surface area contributed by atoms with Gasteiger partial charge in [0, 0.05) is 28.4 Å². The summed E-state index contributed by atoms with van der Waals surface area (Å²) in [7, 11) is 0. The summed E-state index contributed by atoms with van der Waals surface area (Å²) in [5.74, 6) is 0.520. The highest BCUT2D eigenvalue weighted by atomic mass is 35.5. The minimum atomic E-state index is -1.14. The molecule has 0 bridgehead atoms. The second-order valence-corrected chi connectivity index (χ2v) is 7.37. The van der Waals surface area contributed by atoms with Gasteiger partial charge in [-0.15, -0.1) is 0 Å². The van der Waals surface area contributed by atoms with Gasteiger partial charge in [0.05, 0.1) is 22.7 Å². The lowest BCUT2D eigenvalue weighted by Gasteiger charge is -2.17. The summed E-state index contributed by atoms with van der Waals surface area (Å²) in [6.07, 6.45) is -1.18. The third kappa shape index (κ3) is 5.00. The molecular weight excluding hydrogens is 394 g/mol. The number of aromatic amines is 1. The predicted molar refractivity (Wildman–Crippen MR) is 115 cm³/mol. The molecule has 0 saturated carbocycles. The van der Waals surface area contributed by atoms with Gasteiger partial charge >= 0.3 is 6.09 Å². The summed E-state index contributed by atoms with van der Waals surface area (Å²) in [6, 6.07) is 11.8. The van der Waals surface area contributed by atoms with Crippen LogP contribution in [0.2, 0.25) is 5.02 Å². The molecule has 0 fully saturated rings. The lowest BCUT2D eigenvalue weighted by atomic mass is 10.1. The van der Waals surface area contributed by atoms with Gasteiger partial charge in [-0.25, -0.2) is 4.79 Å². The summed E-state index contributed by atoms with van der Waals surface area (Å²) in [5.41, 5.74) is 2.06. The molecule has 1 heterocycles. The van der Waals surface area contributed by atoms with Crippen LogP contribution in [0, 0.1) is 0 Å². The zero-order valence-electron chi connectivity index (χ0n) is 16.2. The molecule has 0 aliphatic carbocycles. The molecule has 0 unspecified atom stereocenters. The van der Waals surface area contributed by atoms with E-state index in [1.54, 1.807) is 42.5 Å². The van der Waals surface area contributed by atoms with Crippen molar-refractivity contribution in [2.45, 2.75) is 32.9 Å². The van der Waals surface area contributed by atoms with Crippen LogP contribution in [0.15, 0.2) is 47.3 Å². The van der Waals surface area contributed by atoms with Gasteiger partial charge < -0.3 is 20.1 Å². The number of benzene rings is 2. The van der Waals surface area contributed by atoms with E-state index in [1.165, 1.54) is 0 Å². The van der Waals surface area contributed by atoms with Crippen molar-refractivity contribution >= 4 is 40.0 Å². The maximum Gasteiger partial charge on any atom is 0.409 e. The van der Waals surface area contributed by atoms with Crippen molar-refractivity contribution < 1.29 is 14.6 Å². The molecule has 1 atom stereocenters. The fourth-order valence-electron chi connectivity index (χ4n) is 3.03. The lowest BCUT2D eigenvalue weighted by molar-refractivity contribution is 0.209. The minimum absolute atomic E-state index is 0.0356. The molecule has 0 aliphatic heterocycles. The minimum Gasteiger partial charge on any atom is -0.489 e. The molecule has 0 radical (unpaired) electrons. The van der Waals surface area contributed by atoms with E-state index in [0.717, 1.165) is 5.39 Å². The van der Waals surface area contributed by atoms with Crippen LogP contribution >= 0.6 is 11.6 Å². The Morgan fingerprint density at radius 3 is 2.55 bits per heavy atom. The summed E-state index contributed by atoms with van der Waals surface area (Å²) >= 11 is 6.32. The molecule has 29 heavy (non-hydrogen) atoms. The van der Waals surface area contributed by atoms with Crippen LogP contribution in [0.5, 0.6) is 5.75 Å². The van der Waals surface area contributed by atoms with Crippen molar-refractivity contribution in [3.8, 4) is 5.75 Å². The first-order valence-corrected chi connectivity index (χ1v) is 9.50. The van der Waals surface area contributed by atoms with Gasteiger partial charge in [-0.2, -0.15) is 0 Å². The number of carbonyl (C=O) groups is 1. The van der Waals surface area contributed by atoms with E-state index >= 15 is 0 Å². The molecule has 4 N–H and O–H groups in total. The van der Waals surface area contributed by atoms with Crippen molar-refractivity contribution in [3.05, 3.63) is 63.4 Å². The van der Waals surface area contributed by atoms with E-state index in [0.29, 0.717) is 33.2 Å². The van der Waals surface area contributed by atoms with Crippen LogP contribution in [0.1, 0.15) is 32.4 Å². The smallest absolute Gasteiger partial charge is 0.409 e. The number of nitrogens with one attached hydrogen (secondary N) is 3. The summed E-state index contributed by atoms with van der Waals surface area (Å²) in [5, 5.41) is 15.6. The number of aromatic nitrogens is 1. The Balaban J connectivity index is 1.90. The number of amides is 1. The van der Waals surface area contributed by atoms with Gasteiger partial charge in [0.15, 0.2) is 0 Å². The van der Waals surface area contributed by atoms with Crippen molar-refractivity contribution in [2.24, 2.45) is 0 Å². The molecule has 0 aliphatic rings. The third-order valence-electron chi connectivity index (χ3n) is 4.25. The monoisotopic (exact) mass is 415 g/mol. The lowest BCUT2D eigenvalue weighted by Crippen LogP contribution is -2.19. The van der Waals surface area contributed by atoms with Crippen molar-refractivity contribution in [1.29, 1.82) is 0 Å². The second-order valence-electron chi connectivity index (χ2n) is 6.97. The standard InChI is InChI=1S/C21H22ClN3O4/c1-11(2)29-19-10-18-13(8-17(19)22)7-16(20(26)25-18)12(3)23-14-5-4-6-15(9-14)24-21(27)28/h4-12,23-24H,1-3H3,(H,25,26)(H,27,28)/t12-/m0/s1. The van der Waals surface area contributed by atoms with Gasteiger partial charge in [0.25, 0.3) is 5.56 Å². The molecule has 1 aromatic heterocycles. The zero-order chi connectivity index (χ0) is 21.1. The highest BCUT2D eigenvalue weighted by Crippen LogP contribution is 2.31. The molecule has 1 amide bonds. The number of hydrogen-bond donors (Lipinski definition) is 4. The van der Waals surface area contributed by atoms with Crippen molar-refractivity contribution in [1.82, 2.24) is 4.98 Å². The first kappa shape index (κ1) is 20.5. The topological polar surface area (TPSA) is 103 Å². The number of anilines is 2. The number of halogens is 1. The number of H-pyrrole nitrogens is 1. The Morgan fingerprint density at radius 1 is 1.14 bits per heavy atom. The average molecular weight is 416 g/mol. The summed E-state index contributed by atoms with van der Waals surface area (Å²) in [6.45, 7) is 5.66. The van der Waals surface area contributed by atoms with Crippen molar-refractivity contribution in [3.63, 3.8) is 0 Å². The van der Waals surface area contributed by atoms with Crippen LogP contribution in [-0.2, 0) is 0 Å². The van der Waals surface area contributed by atoms with Crippen molar-refractivity contribution in [2.75, 3.05) is 10.6 Å². The Bertz CT molecular complexity index is 1110. The molecule has 0 spiro atoms. The maximum absolute atomic E-state index is 12.6. The number of pyridine rings is 1. The third-order valence-corrected chi connectivity index (χ3v) is 4.55. The molecule has 0 saturated heterocycles. The first-order valence-electron chi connectivity index (χ1n) is 9.12. The Hall–Kier alpha value is -3.19. The SMILES string of the molecule is CC(C)Oc1cc2[nH]c(=O)c([C@H](C)Nc3cccc(NC(=O)O)c3)cc2cc1Cl. The average Bonchev–Trinajstić information content (AvgIpc) is 2.61. The quantitative estimate of drug-likeness (QED) is 0.441. The van der Waals surface area contributed by atoms with Crippen LogP contribution in [0.25, 0.3) is 10.9 Å². The van der Waals surface area contributed by atoms with Crippen LogP contribution in [0.3, 0.4) is 0 Å². The number of fused-ring (bicyclic) bond motifs is 1. The normalized spacial score (nSPS) is 12.0. The fourth-order valence-corrected chi connectivity index (χ4v) is 3.24. The van der Waals surface area contributed by atoms with E-state index in [-0.39, 0.29) is 17.7 Å². The number of carboxylic acid groups (broad SMARTS) is 1. The van der Waals surface area contributed by atoms with Gasteiger partial charge in [-0.1, -0.05) is 17.7 Å². The largest absolute Gasteiger partial charge is 0.489 e. The van der Waals surface area contributed by atoms with Crippen LogP contribution in [-0.4, -0.2) is 22.3 Å². The van der Waals surface area contributed by atoms with E-state index in [2.05, 4.69) is 15.6 Å². The van der Waals surface area contributed by atoms with Gasteiger partial charge in [-0.05, 0) is 51.1 Å². The molecule has 3 aromatic rings. The Kier molecular flexibility index (Phi) is 5.98. The highest BCUT2D eigenvalue weighted by molar-refractivity contribution is 6.32. The highest BCUT2D eigenvalue weighted by Gasteiger charge is 2.14. The molecule has 3 rings (SSSR count). The van der Waals surface area contributed by atoms with Gasteiger partial charge in [0.1, 0.15) is 5.75 Å². The van der Waals surface area contributed by atoms with E-state index < -0.39 is 6.09 Å². The first-order chi connectivity index (χ1) is 13.7. The predicted octanol–water partition coefficient (Wildman–Crippen LogP) is 5.23. The summed E-state index contributed by atoms with van der Waals surface area (Å²) < 4.78 is 5.67. The van der Waals surface area contributed by atoms with Crippen LogP contribution in [0.4, 0.5) is 16.2 Å². The number of rotatable bonds is 6. The zero-order valence-corrected chi connectivity index (χ0v) is 17.0. The molecule has 8 heteroatoms. The second kappa shape index (κ2) is 8.45. The van der Waals surface area contributed by atoms with Gasteiger partial charge in [0.2, 0.25) is 0 Å². The Labute approximate surface area is 172 Å². The number of hydrogen-bond acceptors (Lipinski definition) is 4. The summed E-state index contributed by atoms with van der Waals surface area (Å²) in [4.78, 5) is 26.3. The fraction of sp³-hybridized carbons (Fsp3) is 0.238. The van der Waals surface area contributed by atoms with E-state index in [1.807, 2.05) is 20.8 Å². The molecule has 2 aromatic carbocycles. The van der Waals surface area contributed by atoms with Crippen LogP contribution < -0.4 is 20.9 Å². The maximum atomic E-state index is 12.6. The van der Waals surface area contributed by atoms with E-state index in [9.17, 15) is 9.59 Å². The number of ether oxygens (including phenoxy) is 1. The molecular formula is C21H22ClN3O4. The van der Waals surface area contributed by atoms with Gasteiger partial charge in [-0.3, -0.25) is 10.1 Å². The molecule has 152 valence electrons.